The van der Waals surface area contributed by atoms with Gasteiger partial charge >= 0.3 is 0 Å². The molecule has 0 N–H and O–H groups in total. The second-order valence-electron chi connectivity index (χ2n) is 3.48. The van der Waals surface area contributed by atoms with Crippen molar-refractivity contribution < 1.29 is 8.95 Å². The Balaban J connectivity index is 2.39. The first kappa shape index (κ1) is 13.0. The van der Waals surface area contributed by atoms with E-state index in [-0.39, 0.29) is 0 Å². The molecule has 3 heteroatoms. The third-order valence-corrected chi connectivity index (χ3v) is 3.52. The molecule has 1 atom stereocenters. The lowest BCUT2D eigenvalue weighted by Gasteiger charge is -2.03. The largest absolute Gasteiger partial charge is 0.497 e. The van der Waals surface area contributed by atoms with Gasteiger partial charge in [0.2, 0.25) is 0 Å². The summed E-state index contributed by atoms with van der Waals surface area (Å²) in [6.07, 6.45) is 4.74. The first-order valence-corrected chi connectivity index (χ1v) is 6.84. The van der Waals surface area contributed by atoms with Crippen LogP contribution in [0.2, 0.25) is 0 Å². The van der Waals surface area contributed by atoms with Gasteiger partial charge in [-0.3, -0.25) is 4.21 Å². The minimum atomic E-state index is -0.746. The zero-order valence-corrected chi connectivity index (χ0v) is 10.6. The van der Waals surface area contributed by atoms with E-state index in [0.717, 1.165) is 17.9 Å². The molecule has 1 aromatic rings. The van der Waals surface area contributed by atoms with Gasteiger partial charge < -0.3 is 4.74 Å². The van der Waals surface area contributed by atoms with Crippen molar-refractivity contribution in [2.75, 3.05) is 18.6 Å². The number of ether oxygens (including phenoxy) is 1. The zero-order chi connectivity index (χ0) is 11.8. The highest BCUT2D eigenvalue weighted by atomic mass is 32.2. The highest BCUT2D eigenvalue weighted by Gasteiger charge is 1.99. The summed E-state index contributed by atoms with van der Waals surface area (Å²) in [5.41, 5.74) is 1.20. The van der Waals surface area contributed by atoms with Crippen molar-refractivity contribution in [3.05, 3.63) is 42.0 Å². The molecule has 0 aliphatic carbocycles. The highest BCUT2D eigenvalue weighted by Crippen LogP contribution is 2.11. The van der Waals surface area contributed by atoms with Crippen molar-refractivity contribution >= 4 is 10.8 Å². The number of allylic oxidation sites excluding steroid dienone is 1. The Kier molecular flexibility index (Phi) is 5.86. The second kappa shape index (κ2) is 7.23. The number of methoxy groups -OCH3 is 1. The Morgan fingerprint density at radius 1 is 1.31 bits per heavy atom. The van der Waals surface area contributed by atoms with Gasteiger partial charge in [0.1, 0.15) is 5.75 Å². The monoisotopic (exact) mass is 238 g/mol. The fraction of sp³-hybridized carbons (Fsp3) is 0.385. The Morgan fingerprint density at radius 3 is 2.56 bits per heavy atom. The molecule has 0 aliphatic heterocycles. The van der Waals surface area contributed by atoms with E-state index in [4.69, 9.17) is 4.74 Å². The van der Waals surface area contributed by atoms with Crippen LogP contribution < -0.4 is 4.74 Å². The molecule has 0 fully saturated rings. The Hall–Kier alpha value is -1.09. The number of aryl methyl sites for hydroxylation is 1. The first-order chi connectivity index (χ1) is 7.76. The van der Waals surface area contributed by atoms with Crippen LogP contribution in [0.3, 0.4) is 0 Å². The van der Waals surface area contributed by atoms with Gasteiger partial charge in [-0.1, -0.05) is 24.3 Å². The van der Waals surface area contributed by atoms with Crippen molar-refractivity contribution in [2.24, 2.45) is 0 Å². The maximum Gasteiger partial charge on any atom is 0.118 e. The number of rotatable bonds is 6. The molecular formula is C13H18O2S. The molecule has 0 heterocycles. The van der Waals surface area contributed by atoms with Gasteiger partial charge in [0.05, 0.1) is 7.11 Å². The van der Waals surface area contributed by atoms with E-state index in [0.29, 0.717) is 5.75 Å². The van der Waals surface area contributed by atoms with Gasteiger partial charge in [-0.15, -0.1) is 0 Å². The van der Waals surface area contributed by atoms with Gasteiger partial charge in [0.15, 0.2) is 0 Å². The summed E-state index contributed by atoms with van der Waals surface area (Å²) in [4.78, 5) is 0. The van der Waals surface area contributed by atoms with E-state index in [1.165, 1.54) is 5.56 Å². The Morgan fingerprint density at radius 2 is 2.00 bits per heavy atom. The standard InChI is InChI=1S/C13H18O2S/c1-3-4-10-16(14)11-9-12-5-7-13(15-2)8-6-12/h3-8H,9-11H2,1-2H3/b4-3+/t16-/m0/s1. The Labute approximate surface area is 99.8 Å². The predicted octanol–water partition coefficient (Wildman–Crippen LogP) is 2.56. The molecule has 16 heavy (non-hydrogen) atoms. The van der Waals surface area contributed by atoms with Crippen molar-refractivity contribution in [3.63, 3.8) is 0 Å². The summed E-state index contributed by atoms with van der Waals surface area (Å²) < 4.78 is 16.6. The zero-order valence-electron chi connectivity index (χ0n) is 9.81. The molecule has 0 bridgehead atoms. The summed E-state index contributed by atoms with van der Waals surface area (Å²) in [5.74, 6) is 2.24. The van der Waals surface area contributed by atoms with Crippen LogP contribution in [0.15, 0.2) is 36.4 Å². The van der Waals surface area contributed by atoms with Crippen LogP contribution in [0, 0.1) is 0 Å². The van der Waals surface area contributed by atoms with Crippen LogP contribution in [-0.2, 0) is 17.2 Å². The smallest absolute Gasteiger partial charge is 0.118 e. The fourth-order valence-corrected chi connectivity index (χ4v) is 2.35. The van der Waals surface area contributed by atoms with E-state index >= 15 is 0 Å². The minimum absolute atomic E-state index is 0.659. The van der Waals surface area contributed by atoms with E-state index in [1.807, 2.05) is 43.3 Å². The van der Waals surface area contributed by atoms with Crippen LogP contribution in [0.1, 0.15) is 12.5 Å². The van der Waals surface area contributed by atoms with Crippen LogP contribution in [0.4, 0.5) is 0 Å². The number of hydrogen-bond donors (Lipinski definition) is 0. The SMILES string of the molecule is C/C=C/C[S@](=O)CCc1ccc(OC)cc1. The molecule has 0 amide bonds. The average Bonchev–Trinajstić information content (AvgIpc) is 2.34. The predicted molar refractivity (Wildman–Crippen MR) is 69.4 cm³/mol. The quantitative estimate of drug-likeness (QED) is 0.712. The molecule has 0 aliphatic rings. The van der Waals surface area contributed by atoms with Crippen molar-refractivity contribution in [2.45, 2.75) is 13.3 Å². The third-order valence-electron chi connectivity index (χ3n) is 2.30. The molecule has 1 rings (SSSR count). The third kappa shape index (κ3) is 4.62. The number of hydrogen-bond acceptors (Lipinski definition) is 2. The molecule has 0 aromatic heterocycles. The summed E-state index contributed by atoms with van der Waals surface area (Å²) in [6, 6.07) is 7.91. The average molecular weight is 238 g/mol. The summed E-state index contributed by atoms with van der Waals surface area (Å²) in [7, 11) is 0.908. The molecular weight excluding hydrogens is 220 g/mol. The van der Waals surface area contributed by atoms with Crippen LogP contribution in [0.5, 0.6) is 5.75 Å². The van der Waals surface area contributed by atoms with Crippen LogP contribution in [0.25, 0.3) is 0 Å². The summed E-state index contributed by atoms with van der Waals surface area (Å²) in [6.45, 7) is 1.95. The topological polar surface area (TPSA) is 26.3 Å². The van der Waals surface area contributed by atoms with E-state index in [9.17, 15) is 4.21 Å². The highest BCUT2D eigenvalue weighted by molar-refractivity contribution is 7.85. The van der Waals surface area contributed by atoms with Gasteiger partial charge in [-0.05, 0) is 31.0 Å². The number of benzene rings is 1. The minimum Gasteiger partial charge on any atom is -0.497 e. The molecule has 0 radical (unpaired) electrons. The van der Waals surface area contributed by atoms with Gasteiger partial charge in [0, 0.05) is 22.3 Å². The normalized spacial score (nSPS) is 12.9. The Bertz CT molecular complexity index is 355. The van der Waals surface area contributed by atoms with Crippen LogP contribution >= 0.6 is 0 Å². The molecule has 1 aromatic carbocycles. The molecule has 0 spiro atoms. The van der Waals surface area contributed by atoms with Crippen molar-refractivity contribution in [1.82, 2.24) is 0 Å². The lowest BCUT2D eigenvalue weighted by molar-refractivity contribution is 0.414. The molecule has 0 saturated carbocycles. The van der Waals surface area contributed by atoms with Crippen LogP contribution in [-0.4, -0.2) is 22.8 Å². The maximum atomic E-state index is 11.5. The van der Waals surface area contributed by atoms with Gasteiger partial charge in [-0.2, -0.15) is 0 Å². The van der Waals surface area contributed by atoms with Crippen molar-refractivity contribution in [1.29, 1.82) is 0 Å². The second-order valence-corrected chi connectivity index (χ2v) is 5.10. The van der Waals surface area contributed by atoms with Crippen molar-refractivity contribution in [3.8, 4) is 5.75 Å². The molecule has 0 unspecified atom stereocenters. The molecule has 2 nitrogen and oxygen atoms in total. The lowest BCUT2D eigenvalue weighted by Crippen LogP contribution is -2.03. The summed E-state index contributed by atoms with van der Waals surface area (Å²) in [5, 5.41) is 0. The van der Waals surface area contributed by atoms with Gasteiger partial charge in [-0.25, -0.2) is 0 Å². The lowest BCUT2D eigenvalue weighted by atomic mass is 10.2. The van der Waals surface area contributed by atoms with E-state index in [2.05, 4.69) is 0 Å². The molecule has 88 valence electrons. The first-order valence-electron chi connectivity index (χ1n) is 5.35. The maximum absolute atomic E-state index is 11.5. The van der Waals surface area contributed by atoms with E-state index < -0.39 is 10.8 Å². The summed E-state index contributed by atoms with van der Waals surface area (Å²) >= 11 is 0. The molecule has 0 saturated heterocycles. The fourth-order valence-electron chi connectivity index (χ4n) is 1.31. The van der Waals surface area contributed by atoms with Gasteiger partial charge in [0.25, 0.3) is 0 Å². The van der Waals surface area contributed by atoms with E-state index in [1.54, 1.807) is 7.11 Å².